The quantitative estimate of drug-likeness (QED) is 0.204. The van der Waals surface area contributed by atoms with Crippen molar-refractivity contribution in [2.24, 2.45) is 10.2 Å². The molecule has 34 heavy (non-hydrogen) atoms. The summed E-state index contributed by atoms with van der Waals surface area (Å²) in [5, 5.41) is 21.7. The lowest BCUT2D eigenvalue weighted by atomic mass is 10.2. The fourth-order valence-corrected chi connectivity index (χ4v) is 3.53. The number of non-ortho nitro benzene ring substituents is 1. The van der Waals surface area contributed by atoms with Gasteiger partial charge in [-0.25, -0.2) is 0 Å². The Labute approximate surface area is 207 Å². The van der Waals surface area contributed by atoms with E-state index in [1.807, 2.05) is 0 Å². The second kappa shape index (κ2) is 12.0. The molecule has 0 saturated carbocycles. The maximum absolute atomic E-state index is 11.8. The molecule has 2 rings (SSSR count). The molecule has 14 heteroatoms. The number of amides is 1. The third kappa shape index (κ3) is 7.22. The molecule has 1 amide bonds. The zero-order valence-corrected chi connectivity index (χ0v) is 20.5. The van der Waals surface area contributed by atoms with Crippen LogP contribution >= 0.6 is 27.5 Å². The van der Waals surface area contributed by atoms with Gasteiger partial charge < -0.3 is 19.7 Å². The monoisotopic (exact) mass is 555 g/mol. The van der Waals surface area contributed by atoms with E-state index in [0.29, 0.717) is 5.69 Å². The molecular weight excluding hydrogens is 538 g/mol. The Bertz CT molecular complexity index is 1120. The number of halogens is 2. The molecule has 0 atom stereocenters. The second-order valence-corrected chi connectivity index (χ2v) is 7.87. The van der Waals surface area contributed by atoms with Gasteiger partial charge in [0.1, 0.15) is 24.5 Å². The Morgan fingerprint density at radius 2 is 1.74 bits per heavy atom. The first-order chi connectivity index (χ1) is 16.0. The molecule has 0 aliphatic heterocycles. The van der Waals surface area contributed by atoms with Gasteiger partial charge in [0.25, 0.3) is 5.69 Å². The second-order valence-electron chi connectivity index (χ2n) is 6.61. The molecular formula is C20H19BrClN5O7. The van der Waals surface area contributed by atoms with Crippen LogP contribution in [0.5, 0.6) is 0 Å². The van der Waals surface area contributed by atoms with Crippen molar-refractivity contribution in [3.63, 3.8) is 0 Å². The van der Waals surface area contributed by atoms with Gasteiger partial charge in [-0.05, 0) is 34.1 Å². The number of methoxy groups -OCH3 is 2. The highest BCUT2D eigenvalue weighted by atomic mass is 79.9. The minimum atomic E-state index is -0.598. The number of carbonyl (C=O) groups is 3. The van der Waals surface area contributed by atoms with Crippen LogP contribution in [0, 0.1) is 10.1 Å². The van der Waals surface area contributed by atoms with E-state index in [2.05, 4.69) is 40.9 Å². The van der Waals surface area contributed by atoms with E-state index in [1.165, 1.54) is 44.2 Å². The number of carbonyl (C=O) groups excluding carboxylic acids is 3. The molecule has 0 radical (unpaired) electrons. The van der Waals surface area contributed by atoms with Crippen molar-refractivity contribution < 1.29 is 28.8 Å². The van der Waals surface area contributed by atoms with E-state index in [4.69, 9.17) is 11.6 Å². The molecule has 0 saturated heterocycles. The number of esters is 2. The zero-order valence-electron chi connectivity index (χ0n) is 18.2. The Hall–Kier alpha value is -3.58. The Balaban J connectivity index is 2.48. The minimum absolute atomic E-state index is 0.00939. The standard InChI is InChI=1S/C20H19BrClN5O7/c1-11(28)23-17-8-12(26(9-18(29)33-2)10-19(30)34-3)4-5-16(17)24-25-20-14(21)6-13(27(31)32)7-15(20)22/h4-8H,9-10H2,1-3H3,(H,23,28). The van der Waals surface area contributed by atoms with Crippen molar-refractivity contribution in [2.75, 3.05) is 37.5 Å². The number of ether oxygens (including phenoxy) is 2. The fraction of sp³-hybridized carbons (Fsp3) is 0.250. The van der Waals surface area contributed by atoms with E-state index >= 15 is 0 Å². The number of nitro groups is 1. The van der Waals surface area contributed by atoms with Crippen molar-refractivity contribution in [2.45, 2.75) is 6.92 Å². The van der Waals surface area contributed by atoms with E-state index < -0.39 is 22.8 Å². The number of hydrogen-bond acceptors (Lipinski definition) is 10. The number of rotatable bonds is 9. The molecule has 0 fully saturated rings. The van der Waals surface area contributed by atoms with Crippen LogP contribution < -0.4 is 10.2 Å². The SMILES string of the molecule is COC(=O)CN(CC(=O)OC)c1ccc(N=Nc2c(Cl)cc([N+](=O)[O-])cc2Br)c(NC(C)=O)c1. The molecule has 12 nitrogen and oxygen atoms in total. The van der Waals surface area contributed by atoms with Crippen LogP contribution in [-0.2, 0) is 23.9 Å². The first-order valence-corrected chi connectivity index (χ1v) is 10.6. The summed E-state index contributed by atoms with van der Waals surface area (Å²) in [6, 6.07) is 6.91. The third-order valence-corrected chi connectivity index (χ3v) is 5.11. The summed E-state index contributed by atoms with van der Waals surface area (Å²) in [5.74, 6) is -1.59. The summed E-state index contributed by atoms with van der Waals surface area (Å²) in [4.78, 5) is 47.1. The largest absolute Gasteiger partial charge is 0.468 e. The summed E-state index contributed by atoms with van der Waals surface area (Å²) in [6.45, 7) is 0.784. The number of nitrogens with one attached hydrogen (secondary N) is 1. The molecule has 0 unspecified atom stereocenters. The van der Waals surface area contributed by atoms with Gasteiger partial charge in [-0.15, -0.1) is 10.2 Å². The molecule has 2 aromatic carbocycles. The van der Waals surface area contributed by atoms with Crippen LogP contribution in [0.2, 0.25) is 5.02 Å². The van der Waals surface area contributed by atoms with Crippen molar-refractivity contribution in [1.82, 2.24) is 0 Å². The fourth-order valence-electron chi connectivity index (χ4n) is 2.63. The molecule has 0 heterocycles. The van der Waals surface area contributed by atoms with Crippen molar-refractivity contribution >= 4 is 73.8 Å². The van der Waals surface area contributed by atoms with Crippen LogP contribution in [0.1, 0.15) is 6.92 Å². The lowest BCUT2D eigenvalue weighted by molar-refractivity contribution is -0.384. The first kappa shape index (κ1) is 26.7. The Morgan fingerprint density at radius 3 is 2.24 bits per heavy atom. The molecule has 180 valence electrons. The normalized spacial score (nSPS) is 10.6. The number of hydrogen-bond donors (Lipinski definition) is 1. The lowest BCUT2D eigenvalue weighted by Gasteiger charge is -2.23. The topological polar surface area (TPSA) is 153 Å². The predicted octanol–water partition coefficient (Wildman–Crippen LogP) is 4.54. The molecule has 1 N–H and O–H groups in total. The van der Waals surface area contributed by atoms with E-state index in [0.717, 1.165) is 6.07 Å². The molecule has 0 bridgehead atoms. The van der Waals surface area contributed by atoms with Gasteiger partial charge in [0.15, 0.2) is 0 Å². The highest BCUT2D eigenvalue weighted by Crippen LogP contribution is 2.39. The van der Waals surface area contributed by atoms with Gasteiger partial charge in [-0.2, -0.15) is 0 Å². The average molecular weight is 557 g/mol. The van der Waals surface area contributed by atoms with Gasteiger partial charge in [-0.3, -0.25) is 24.5 Å². The van der Waals surface area contributed by atoms with E-state index in [-0.39, 0.29) is 45.3 Å². The smallest absolute Gasteiger partial charge is 0.325 e. The van der Waals surface area contributed by atoms with Crippen LogP contribution in [0.15, 0.2) is 45.0 Å². The van der Waals surface area contributed by atoms with Crippen molar-refractivity contribution in [1.29, 1.82) is 0 Å². The Kier molecular flexibility index (Phi) is 9.45. The van der Waals surface area contributed by atoms with Gasteiger partial charge >= 0.3 is 11.9 Å². The number of azo groups is 1. The molecule has 0 aromatic heterocycles. The Morgan fingerprint density at radius 1 is 1.12 bits per heavy atom. The predicted molar refractivity (Wildman–Crippen MR) is 127 cm³/mol. The molecule has 2 aromatic rings. The summed E-state index contributed by atoms with van der Waals surface area (Å²) in [6.07, 6.45) is 0. The van der Waals surface area contributed by atoms with Gasteiger partial charge in [0.2, 0.25) is 5.91 Å². The van der Waals surface area contributed by atoms with Gasteiger partial charge in [0.05, 0.1) is 34.3 Å². The minimum Gasteiger partial charge on any atom is -0.468 e. The average Bonchev–Trinajstić information content (AvgIpc) is 2.77. The van der Waals surface area contributed by atoms with Crippen molar-refractivity contribution in [3.05, 3.63) is 49.9 Å². The van der Waals surface area contributed by atoms with Crippen LogP contribution in [0.4, 0.5) is 28.4 Å². The van der Waals surface area contributed by atoms with E-state index in [1.54, 1.807) is 6.07 Å². The lowest BCUT2D eigenvalue weighted by Crippen LogP contribution is -2.35. The third-order valence-electron chi connectivity index (χ3n) is 4.22. The maximum Gasteiger partial charge on any atom is 0.325 e. The summed E-state index contributed by atoms with van der Waals surface area (Å²) in [7, 11) is 2.43. The highest BCUT2D eigenvalue weighted by Gasteiger charge is 2.19. The highest BCUT2D eigenvalue weighted by molar-refractivity contribution is 9.10. The van der Waals surface area contributed by atoms with E-state index in [9.17, 15) is 24.5 Å². The maximum atomic E-state index is 11.8. The number of benzene rings is 2. The van der Waals surface area contributed by atoms with Crippen LogP contribution in [0.25, 0.3) is 0 Å². The number of anilines is 2. The van der Waals surface area contributed by atoms with Gasteiger partial charge in [-0.1, -0.05) is 11.6 Å². The van der Waals surface area contributed by atoms with Gasteiger partial charge in [0, 0.05) is 24.7 Å². The summed E-state index contributed by atoms with van der Waals surface area (Å²) in [5.41, 5.74) is 0.755. The molecule has 0 aliphatic carbocycles. The molecule has 0 spiro atoms. The number of nitro benzene ring substituents is 1. The zero-order chi connectivity index (χ0) is 25.4. The van der Waals surface area contributed by atoms with Crippen LogP contribution in [-0.4, -0.2) is 50.1 Å². The molecule has 0 aliphatic rings. The van der Waals surface area contributed by atoms with Crippen LogP contribution in [0.3, 0.4) is 0 Å². The summed E-state index contributed by atoms with van der Waals surface area (Å²) < 4.78 is 9.59. The number of nitrogens with zero attached hydrogens (tertiary/aromatic N) is 4. The van der Waals surface area contributed by atoms with Crippen molar-refractivity contribution in [3.8, 4) is 0 Å². The summed E-state index contributed by atoms with van der Waals surface area (Å²) >= 11 is 9.29. The first-order valence-electron chi connectivity index (χ1n) is 9.41.